The van der Waals surface area contributed by atoms with Gasteiger partial charge in [0.1, 0.15) is 12.4 Å². The fourth-order valence-corrected chi connectivity index (χ4v) is 2.52. The number of rotatable bonds is 0. The third kappa shape index (κ3) is 1.27. The second-order valence-corrected chi connectivity index (χ2v) is 4.30. The molecule has 0 amide bonds. The molecule has 3 rings (SSSR count). The van der Waals surface area contributed by atoms with E-state index in [1.54, 1.807) is 17.4 Å². The number of hydrogen-bond donors (Lipinski definition) is 0. The summed E-state index contributed by atoms with van der Waals surface area (Å²) in [6, 6.07) is 5.64. The maximum absolute atomic E-state index is 11.8. The van der Waals surface area contributed by atoms with Crippen molar-refractivity contribution in [1.82, 2.24) is 0 Å². The van der Waals surface area contributed by atoms with Crippen molar-refractivity contribution in [3.63, 3.8) is 0 Å². The lowest BCUT2D eigenvalue weighted by atomic mass is 10.0. The summed E-state index contributed by atoms with van der Waals surface area (Å²) in [7, 11) is 0. The first-order valence-electron chi connectivity index (χ1n) is 4.70. The molecule has 0 aromatic heterocycles. The molecule has 3 heteroatoms. The molecule has 0 aromatic rings. The Morgan fingerprint density at radius 3 is 3.27 bits per heavy atom. The highest BCUT2D eigenvalue weighted by Gasteiger charge is 2.17. The van der Waals surface area contributed by atoms with Gasteiger partial charge in [0.25, 0.3) is 0 Å². The molecule has 0 fully saturated rings. The largest absolute Gasteiger partial charge is 0.488 e. The molecule has 0 saturated carbocycles. The van der Waals surface area contributed by atoms with Gasteiger partial charge in [-0.05, 0) is 23.6 Å². The van der Waals surface area contributed by atoms with Crippen LogP contribution in [0.5, 0.6) is 5.75 Å². The van der Waals surface area contributed by atoms with Crippen molar-refractivity contribution in [3.8, 4) is 16.2 Å². The van der Waals surface area contributed by atoms with Gasteiger partial charge in [0.2, 0.25) is 0 Å². The lowest BCUT2D eigenvalue weighted by Crippen LogP contribution is -2.12. The van der Waals surface area contributed by atoms with Gasteiger partial charge in [-0.15, -0.1) is 11.3 Å². The number of hydrogen-bond acceptors (Lipinski definition) is 3. The highest BCUT2D eigenvalue weighted by molar-refractivity contribution is 7.13. The summed E-state index contributed by atoms with van der Waals surface area (Å²) in [5, 5.41) is 1.97. The minimum Gasteiger partial charge on any atom is -0.488 e. The van der Waals surface area contributed by atoms with Crippen LogP contribution in [0.4, 0.5) is 0 Å². The van der Waals surface area contributed by atoms with Crippen LogP contribution >= 0.6 is 11.3 Å². The Morgan fingerprint density at radius 1 is 1.40 bits per heavy atom. The second-order valence-electron chi connectivity index (χ2n) is 3.36. The highest BCUT2D eigenvalue weighted by atomic mass is 32.1. The van der Waals surface area contributed by atoms with Crippen LogP contribution in [-0.4, -0.2) is 6.61 Å². The van der Waals surface area contributed by atoms with E-state index in [1.165, 1.54) is 0 Å². The molecule has 1 aliphatic carbocycles. The summed E-state index contributed by atoms with van der Waals surface area (Å²) >= 11 is 1.56. The van der Waals surface area contributed by atoms with Crippen molar-refractivity contribution in [3.05, 3.63) is 45.4 Å². The van der Waals surface area contributed by atoms with Gasteiger partial charge in [-0.1, -0.05) is 6.07 Å². The van der Waals surface area contributed by atoms with Gasteiger partial charge in [0.05, 0.1) is 5.56 Å². The zero-order valence-electron chi connectivity index (χ0n) is 7.90. The van der Waals surface area contributed by atoms with E-state index in [9.17, 15) is 4.79 Å². The maximum atomic E-state index is 11.8. The Bertz CT molecular complexity index is 568. The molecule has 0 saturated heterocycles. The SMILES string of the molecule is O=c1cc2scccc-2c2c1C=CCO2. The molecule has 2 nitrogen and oxygen atoms in total. The fourth-order valence-electron chi connectivity index (χ4n) is 1.76. The third-order valence-corrected chi connectivity index (χ3v) is 3.31. The van der Waals surface area contributed by atoms with Crippen LogP contribution in [0.15, 0.2) is 34.4 Å². The Balaban J connectivity index is 2.46. The Morgan fingerprint density at radius 2 is 2.33 bits per heavy atom. The Kier molecular flexibility index (Phi) is 1.86. The van der Waals surface area contributed by atoms with E-state index in [2.05, 4.69) is 0 Å². The van der Waals surface area contributed by atoms with Crippen LogP contribution < -0.4 is 10.2 Å². The van der Waals surface area contributed by atoms with Crippen molar-refractivity contribution in [2.45, 2.75) is 0 Å². The molecule has 3 aliphatic rings. The van der Waals surface area contributed by atoms with Gasteiger partial charge in [-0.2, -0.15) is 0 Å². The minimum atomic E-state index is 0.0379. The maximum Gasteiger partial charge on any atom is 0.191 e. The molecule has 74 valence electrons. The zero-order valence-corrected chi connectivity index (χ0v) is 8.71. The van der Waals surface area contributed by atoms with E-state index in [4.69, 9.17) is 4.74 Å². The van der Waals surface area contributed by atoms with Crippen LogP contribution in [0.25, 0.3) is 16.5 Å². The van der Waals surface area contributed by atoms with Gasteiger partial charge >= 0.3 is 0 Å². The second kappa shape index (κ2) is 3.21. The summed E-state index contributed by atoms with van der Waals surface area (Å²) in [5.41, 5.74) is 1.74. The summed E-state index contributed by atoms with van der Waals surface area (Å²) in [4.78, 5) is 12.7. The number of ether oxygens (including phenoxy) is 1. The summed E-state index contributed by atoms with van der Waals surface area (Å²) in [5.74, 6) is 0.733. The molecular weight excluding hydrogens is 208 g/mol. The topological polar surface area (TPSA) is 26.3 Å². The fraction of sp³-hybridized carbons (Fsp3) is 0.0833. The Hall–Kier alpha value is -1.61. The van der Waals surface area contributed by atoms with E-state index < -0.39 is 0 Å². The molecule has 0 atom stereocenters. The van der Waals surface area contributed by atoms with Crippen LogP contribution in [0.2, 0.25) is 0 Å². The van der Waals surface area contributed by atoms with E-state index in [-0.39, 0.29) is 5.43 Å². The van der Waals surface area contributed by atoms with Crippen molar-refractivity contribution in [2.24, 2.45) is 0 Å². The van der Waals surface area contributed by atoms with Crippen LogP contribution in [0.1, 0.15) is 5.56 Å². The van der Waals surface area contributed by atoms with Gasteiger partial charge in [-0.3, -0.25) is 4.79 Å². The highest BCUT2D eigenvalue weighted by Crippen LogP contribution is 2.36. The third-order valence-electron chi connectivity index (χ3n) is 2.43. The van der Waals surface area contributed by atoms with Crippen LogP contribution in [-0.2, 0) is 0 Å². The average molecular weight is 216 g/mol. The number of fused-ring (bicyclic) bond motifs is 3. The first kappa shape index (κ1) is 8.68. The lowest BCUT2D eigenvalue weighted by molar-refractivity contribution is 0.359. The molecule has 0 bridgehead atoms. The van der Waals surface area contributed by atoms with Gasteiger partial charge in [0, 0.05) is 16.5 Å². The molecular formula is C12H8O2S. The van der Waals surface area contributed by atoms with Crippen molar-refractivity contribution >= 4 is 17.4 Å². The summed E-state index contributed by atoms with van der Waals surface area (Å²) in [6.45, 7) is 0.547. The van der Waals surface area contributed by atoms with Gasteiger partial charge in [0.15, 0.2) is 5.43 Å². The molecule has 0 radical (unpaired) electrons. The molecule has 15 heavy (non-hydrogen) atoms. The lowest BCUT2D eigenvalue weighted by Gasteiger charge is -2.16. The Labute approximate surface area is 90.8 Å². The standard InChI is InChI=1S/C12H8O2S/c13-10-7-11-9(4-2-6-15-11)12-8(10)3-1-5-14-12/h1-4,6-7H,5H2. The van der Waals surface area contributed by atoms with Gasteiger partial charge < -0.3 is 4.74 Å². The first-order valence-corrected chi connectivity index (χ1v) is 5.58. The monoisotopic (exact) mass is 216 g/mol. The van der Waals surface area contributed by atoms with E-state index in [1.807, 2.05) is 29.7 Å². The molecule has 0 unspecified atom stereocenters. The average Bonchev–Trinajstić information content (AvgIpc) is 2.30. The minimum absolute atomic E-state index is 0.0379. The molecule has 2 aliphatic heterocycles. The molecule has 0 spiro atoms. The molecule has 0 aromatic carbocycles. The predicted molar refractivity (Wildman–Crippen MR) is 61.7 cm³/mol. The smallest absolute Gasteiger partial charge is 0.191 e. The quantitative estimate of drug-likeness (QED) is 0.676. The normalized spacial score (nSPS) is 13.6. The van der Waals surface area contributed by atoms with E-state index in [0.29, 0.717) is 12.2 Å². The predicted octanol–water partition coefficient (Wildman–Crippen LogP) is 2.62. The van der Waals surface area contributed by atoms with Gasteiger partial charge in [-0.25, -0.2) is 0 Å². The van der Waals surface area contributed by atoms with E-state index in [0.717, 1.165) is 16.2 Å². The summed E-state index contributed by atoms with van der Waals surface area (Å²) in [6.07, 6.45) is 3.71. The zero-order chi connectivity index (χ0) is 10.3. The van der Waals surface area contributed by atoms with Crippen LogP contribution in [0.3, 0.4) is 0 Å². The van der Waals surface area contributed by atoms with E-state index >= 15 is 0 Å². The molecule has 2 heterocycles. The van der Waals surface area contributed by atoms with Crippen molar-refractivity contribution < 1.29 is 4.74 Å². The summed E-state index contributed by atoms with van der Waals surface area (Å²) < 4.78 is 5.54. The van der Waals surface area contributed by atoms with Crippen molar-refractivity contribution in [2.75, 3.05) is 6.61 Å². The first-order chi connectivity index (χ1) is 7.36. The van der Waals surface area contributed by atoms with Crippen LogP contribution in [0, 0.1) is 0 Å². The number of benzene rings is 1. The van der Waals surface area contributed by atoms with Crippen molar-refractivity contribution in [1.29, 1.82) is 0 Å². The molecule has 0 N–H and O–H groups in total.